The van der Waals surface area contributed by atoms with E-state index in [4.69, 9.17) is 4.74 Å². The number of hydrogen-bond acceptors (Lipinski definition) is 7. The van der Waals surface area contributed by atoms with Gasteiger partial charge in [0.25, 0.3) is 0 Å². The molecule has 2 aromatic rings. The highest BCUT2D eigenvalue weighted by Gasteiger charge is 2.31. The van der Waals surface area contributed by atoms with E-state index in [0.29, 0.717) is 12.4 Å². The molecule has 1 saturated heterocycles. The molecule has 3 rings (SSSR count). The number of nitro groups is 1. The summed E-state index contributed by atoms with van der Waals surface area (Å²) < 4.78 is 5.15. The normalized spacial score (nSPS) is 16.8. The summed E-state index contributed by atoms with van der Waals surface area (Å²) in [6, 6.07) is 7.82. The third kappa shape index (κ3) is 4.27. The van der Waals surface area contributed by atoms with Crippen LogP contribution in [0.2, 0.25) is 0 Å². The fourth-order valence-electron chi connectivity index (χ4n) is 3.51. The number of rotatable bonds is 7. The molecule has 1 aromatic carbocycles. The van der Waals surface area contributed by atoms with Crippen LogP contribution in [0.5, 0.6) is 5.75 Å². The molecule has 1 unspecified atom stereocenters. The number of ether oxygens (including phenoxy) is 1. The van der Waals surface area contributed by atoms with Gasteiger partial charge in [0.2, 0.25) is 11.6 Å². The number of methoxy groups -OCH3 is 1. The number of hydrogen-bond donors (Lipinski definition) is 1. The van der Waals surface area contributed by atoms with Crippen LogP contribution in [0.3, 0.4) is 0 Å². The van der Waals surface area contributed by atoms with Crippen LogP contribution < -0.4 is 15.0 Å². The first-order chi connectivity index (χ1) is 13.1. The molecule has 0 amide bonds. The van der Waals surface area contributed by atoms with Crippen molar-refractivity contribution in [2.45, 2.75) is 45.2 Å². The van der Waals surface area contributed by atoms with Crippen molar-refractivity contribution in [2.75, 3.05) is 23.9 Å². The maximum Gasteiger partial charge on any atom is 0.353 e. The van der Waals surface area contributed by atoms with Crippen LogP contribution in [-0.4, -0.2) is 34.6 Å². The molecule has 1 aliphatic rings. The molecule has 1 N–H and O–H groups in total. The van der Waals surface area contributed by atoms with Gasteiger partial charge in [0.05, 0.1) is 12.0 Å². The zero-order chi connectivity index (χ0) is 19.2. The minimum absolute atomic E-state index is 0.0497. The maximum atomic E-state index is 11.8. The van der Waals surface area contributed by atoms with Crippen molar-refractivity contribution in [3.8, 4) is 5.75 Å². The number of anilines is 2. The van der Waals surface area contributed by atoms with Crippen LogP contribution in [0, 0.1) is 10.1 Å². The van der Waals surface area contributed by atoms with E-state index in [0.717, 1.165) is 43.5 Å². The molecule has 0 radical (unpaired) electrons. The summed E-state index contributed by atoms with van der Waals surface area (Å²) in [4.78, 5) is 21.9. The fraction of sp³-hybridized carbons (Fsp3) is 0.474. The molecular weight excluding hydrogens is 346 g/mol. The van der Waals surface area contributed by atoms with E-state index in [1.165, 1.54) is 6.33 Å². The van der Waals surface area contributed by atoms with Gasteiger partial charge in [-0.25, -0.2) is 9.97 Å². The molecule has 1 fully saturated rings. The first-order valence-corrected chi connectivity index (χ1v) is 9.26. The lowest BCUT2D eigenvalue weighted by Gasteiger charge is -2.35. The van der Waals surface area contributed by atoms with Crippen molar-refractivity contribution >= 4 is 17.3 Å². The Balaban J connectivity index is 1.85. The minimum atomic E-state index is -0.382. The standard InChI is InChI=1S/C19H25N5O3/c1-3-15-6-4-5-11-23(15)19-17(24(25)26)18(21-13-22-19)20-12-14-7-9-16(27-2)10-8-14/h7-10,13,15H,3-6,11-12H2,1-2H3,(H,20,21,22). The molecule has 0 saturated carbocycles. The smallest absolute Gasteiger partial charge is 0.353 e. The van der Waals surface area contributed by atoms with Crippen molar-refractivity contribution in [3.05, 3.63) is 46.3 Å². The number of piperidine rings is 1. The van der Waals surface area contributed by atoms with Gasteiger partial charge in [0.1, 0.15) is 12.1 Å². The quantitative estimate of drug-likeness (QED) is 0.585. The number of aromatic nitrogens is 2. The summed E-state index contributed by atoms with van der Waals surface area (Å²) in [7, 11) is 1.61. The number of nitrogens with one attached hydrogen (secondary N) is 1. The van der Waals surface area contributed by atoms with Crippen molar-refractivity contribution < 1.29 is 9.66 Å². The highest BCUT2D eigenvalue weighted by atomic mass is 16.6. The Kier molecular flexibility index (Phi) is 6.05. The Labute approximate surface area is 158 Å². The minimum Gasteiger partial charge on any atom is -0.497 e. The van der Waals surface area contributed by atoms with Crippen LogP contribution in [0.4, 0.5) is 17.3 Å². The average Bonchev–Trinajstić information content (AvgIpc) is 2.72. The third-order valence-electron chi connectivity index (χ3n) is 4.97. The van der Waals surface area contributed by atoms with E-state index >= 15 is 0 Å². The van der Waals surface area contributed by atoms with Crippen LogP contribution in [0.1, 0.15) is 38.2 Å². The Bertz CT molecular complexity index is 781. The molecule has 1 aliphatic heterocycles. The van der Waals surface area contributed by atoms with E-state index in [1.54, 1.807) is 7.11 Å². The van der Waals surface area contributed by atoms with Gasteiger partial charge in [-0.1, -0.05) is 19.1 Å². The monoisotopic (exact) mass is 371 g/mol. The number of benzene rings is 1. The molecule has 0 aliphatic carbocycles. The largest absolute Gasteiger partial charge is 0.497 e. The highest BCUT2D eigenvalue weighted by Crippen LogP contribution is 2.36. The Morgan fingerprint density at radius 3 is 2.74 bits per heavy atom. The predicted molar refractivity (Wildman–Crippen MR) is 104 cm³/mol. The first kappa shape index (κ1) is 18.9. The molecule has 8 nitrogen and oxygen atoms in total. The second-order valence-corrected chi connectivity index (χ2v) is 6.60. The summed E-state index contributed by atoms with van der Waals surface area (Å²) in [5.41, 5.74) is 0.932. The lowest BCUT2D eigenvalue weighted by Crippen LogP contribution is -2.40. The lowest BCUT2D eigenvalue weighted by atomic mass is 10.00. The molecule has 8 heteroatoms. The average molecular weight is 371 g/mol. The molecule has 0 bridgehead atoms. The van der Waals surface area contributed by atoms with Crippen LogP contribution >= 0.6 is 0 Å². The molecular formula is C19H25N5O3. The molecule has 1 aromatic heterocycles. The van der Waals surface area contributed by atoms with Gasteiger partial charge in [-0.15, -0.1) is 0 Å². The third-order valence-corrected chi connectivity index (χ3v) is 4.97. The van der Waals surface area contributed by atoms with Crippen LogP contribution in [0.15, 0.2) is 30.6 Å². The summed E-state index contributed by atoms with van der Waals surface area (Å²) in [5.74, 6) is 1.43. The van der Waals surface area contributed by atoms with E-state index < -0.39 is 0 Å². The van der Waals surface area contributed by atoms with E-state index in [9.17, 15) is 10.1 Å². The van der Waals surface area contributed by atoms with Crippen LogP contribution in [-0.2, 0) is 6.54 Å². The SMILES string of the molecule is CCC1CCCCN1c1ncnc(NCc2ccc(OC)cc2)c1[N+](=O)[O-]. The summed E-state index contributed by atoms with van der Waals surface area (Å²) in [5, 5.41) is 14.9. The Hall–Kier alpha value is -2.90. The van der Waals surface area contributed by atoms with Crippen molar-refractivity contribution in [3.63, 3.8) is 0 Å². The maximum absolute atomic E-state index is 11.8. The van der Waals surface area contributed by atoms with Gasteiger partial charge in [0.15, 0.2) is 0 Å². The van der Waals surface area contributed by atoms with Crippen molar-refractivity contribution in [1.82, 2.24) is 9.97 Å². The number of nitrogens with zero attached hydrogens (tertiary/aromatic N) is 4. The van der Waals surface area contributed by atoms with Crippen molar-refractivity contribution in [2.24, 2.45) is 0 Å². The Morgan fingerprint density at radius 2 is 2.07 bits per heavy atom. The van der Waals surface area contributed by atoms with Gasteiger partial charge in [-0.3, -0.25) is 10.1 Å². The summed E-state index contributed by atoms with van der Waals surface area (Å²) in [6.07, 6.45) is 5.55. The molecule has 27 heavy (non-hydrogen) atoms. The first-order valence-electron chi connectivity index (χ1n) is 9.26. The van der Waals surface area contributed by atoms with Crippen molar-refractivity contribution in [1.29, 1.82) is 0 Å². The topological polar surface area (TPSA) is 93.4 Å². The van der Waals surface area contributed by atoms with Crippen LogP contribution in [0.25, 0.3) is 0 Å². The fourth-order valence-corrected chi connectivity index (χ4v) is 3.51. The predicted octanol–water partition coefficient (Wildman–Crippen LogP) is 3.77. The second kappa shape index (κ2) is 8.66. The molecule has 144 valence electrons. The van der Waals surface area contributed by atoms with Gasteiger partial charge in [-0.2, -0.15) is 0 Å². The molecule has 0 spiro atoms. The van der Waals surface area contributed by atoms with E-state index in [-0.39, 0.29) is 22.5 Å². The lowest BCUT2D eigenvalue weighted by molar-refractivity contribution is -0.383. The van der Waals surface area contributed by atoms with E-state index in [1.807, 2.05) is 24.3 Å². The summed E-state index contributed by atoms with van der Waals surface area (Å²) in [6.45, 7) is 3.33. The molecule has 1 atom stereocenters. The van der Waals surface area contributed by atoms with E-state index in [2.05, 4.69) is 27.1 Å². The van der Waals surface area contributed by atoms with Gasteiger partial charge in [0, 0.05) is 19.1 Å². The second-order valence-electron chi connectivity index (χ2n) is 6.60. The molecule has 2 heterocycles. The Morgan fingerprint density at radius 1 is 1.30 bits per heavy atom. The van der Waals surface area contributed by atoms with Gasteiger partial charge < -0.3 is 15.0 Å². The highest BCUT2D eigenvalue weighted by molar-refractivity contribution is 5.70. The zero-order valence-electron chi connectivity index (χ0n) is 15.7. The van der Waals surface area contributed by atoms with Gasteiger partial charge in [-0.05, 0) is 43.4 Å². The summed E-state index contributed by atoms with van der Waals surface area (Å²) >= 11 is 0. The zero-order valence-corrected chi connectivity index (χ0v) is 15.7. The van der Waals surface area contributed by atoms with Gasteiger partial charge >= 0.3 is 5.69 Å².